The molecule has 0 aliphatic carbocycles. The fraction of sp³-hybridized carbons (Fsp3) is 0.125. The van der Waals surface area contributed by atoms with E-state index >= 15 is 0 Å². The Morgan fingerprint density at radius 2 is 2.07 bits per heavy atom. The van der Waals surface area contributed by atoms with Gasteiger partial charge in [-0.2, -0.15) is 0 Å². The van der Waals surface area contributed by atoms with Crippen LogP contribution in [0.5, 0.6) is 11.5 Å². The molecule has 0 aliphatic rings. The lowest BCUT2D eigenvalue weighted by molar-refractivity contribution is 0.281. The molecule has 0 fully saturated rings. The van der Waals surface area contributed by atoms with Crippen molar-refractivity contribution in [2.45, 2.75) is 21.6 Å². The molecule has 142 valence electrons. The van der Waals surface area contributed by atoms with Gasteiger partial charge >= 0.3 is 0 Å². The number of rotatable bonds is 7. The molecule has 0 spiro atoms. The number of methoxy groups -OCH3 is 1. The molecule has 1 heterocycles. The van der Waals surface area contributed by atoms with Crippen LogP contribution < -0.4 is 9.46 Å². The second-order valence-electron chi connectivity index (χ2n) is 5.32. The zero-order valence-electron chi connectivity index (χ0n) is 14.1. The maximum Gasteiger partial charge on any atom is 0.265 e. The number of aromatic hydroxyl groups is 1. The van der Waals surface area contributed by atoms with Gasteiger partial charge in [-0.15, -0.1) is 5.10 Å². The molecule has 1 aromatic heterocycles. The monoisotopic (exact) mass is 408 g/mol. The Hall–Kier alpha value is -2.76. The SMILES string of the molecule is COc1ccc(CO)cc1S(=O)(=O)Nc1ccc(O)c(Sc2nc[nH]n2)c1. The summed E-state index contributed by atoms with van der Waals surface area (Å²) in [5, 5.41) is 26.1. The highest BCUT2D eigenvalue weighted by molar-refractivity contribution is 7.99. The van der Waals surface area contributed by atoms with Gasteiger partial charge in [0.25, 0.3) is 10.0 Å². The van der Waals surface area contributed by atoms with Crippen LogP contribution in [-0.2, 0) is 16.6 Å². The summed E-state index contributed by atoms with van der Waals surface area (Å²) in [6.45, 7) is -0.302. The van der Waals surface area contributed by atoms with E-state index in [2.05, 4.69) is 19.9 Å². The molecular formula is C16H16N4O5S2. The molecule has 3 rings (SSSR count). The van der Waals surface area contributed by atoms with Crippen molar-refractivity contribution in [3.8, 4) is 11.5 Å². The minimum absolute atomic E-state index is 0.0346. The van der Waals surface area contributed by atoms with Gasteiger partial charge in [0.1, 0.15) is 22.7 Å². The number of sulfonamides is 1. The molecule has 0 saturated heterocycles. The Bertz CT molecular complexity index is 1040. The number of nitrogens with zero attached hydrogens (tertiary/aromatic N) is 2. The van der Waals surface area contributed by atoms with Crippen molar-refractivity contribution < 1.29 is 23.4 Å². The fourth-order valence-electron chi connectivity index (χ4n) is 2.24. The van der Waals surface area contributed by atoms with Gasteiger partial charge in [-0.05, 0) is 47.7 Å². The molecule has 0 radical (unpaired) electrons. The minimum atomic E-state index is -3.99. The first-order valence-electron chi connectivity index (χ1n) is 7.60. The van der Waals surface area contributed by atoms with E-state index in [9.17, 15) is 18.6 Å². The molecule has 4 N–H and O–H groups in total. The second-order valence-corrected chi connectivity index (χ2v) is 7.97. The number of nitrogens with one attached hydrogen (secondary N) is 2. The average Bonchev–Trinajstić information content (AvgIpc) is 3.16. The summed E-state index contributed by atoms with van der Waals surface area (Å²) in [5.74, 6) is 0.112. The summed E-state index contributed by atoms with van der Waals surface area (Å²) >= 11 is 1.07. The Morgan fingerprint density at radius 1 is 1.26 bits per heavy atom. The van der Waals surface area contributed by atoms with E-state index in [0.717, 1.165) is 11.8 Å². The molecular weight excluding hydrogens is 392 g/mol. The summed E-state index contributed by atoms with van der Waals surface area (Å²) in [5.41, 5.74) is 0.671. The van der Waals surface area contributed by atoms with Crippen LogP contribution in [0.4, 0.5) is 5.69 Å². The number of hydrogen-bond donors (Lipinski definition) is 4. The molecule has 27 heavy (non-hydrogen) atoms. The lowest BCUT2D eigenvalue weighted by Gasteiger charge is -2.13. The van der Waals surface area contributed by atoms with Crippen LogP contribution in [0.15, 0.2) is 57.7 Å². The normalized spacial score (nSPS) is 11.3. The predicted octanol–water partition coefficient (Wildman–Crippen LogP) is 1.96. The van der Waals surface area contributed by atoms with E-state index < -0.39 is 10.0 Å². The third kappa shape index (κ3) is 4.32. The maximum atomic E-state index is 12.8. The number of hydrogen-bond acceptors (Lipinski definition) is 8. The third-order valence-electron chi connectivity index (χ3n) is 3.51. The number of aliphatic hydroxyl groups is 1. The molecule has 0 atom stereocenters. The topological polar surface area (TPSA) is 137 Å². The summed E-state index contributed by atoms with van der Waals surface area (Å²) < 4.78 is 33.1. The summed E-state index contributed by atoms with van der Waals surface area (Å²) in [4.78, 5) is 4.23. The smallest absolute Gasteiger partial charge is 0.265 e. The van der Waals surface area contributed by atoms with Gasteiger partial charge in [0.05, 0.1) is 24.3 Å². The number of aromatic nitrogens is 3. The number of H-pyrrole nitrogens is 1. The third-order valence-corrected chi connectivity index (χ3v) is 5.83. The number of benzene rings is 2. The maximum absolute atomic E-state index is 12.8. The van der Waals surface area contributed by atoms with Gasteiger partial charge in [-0.25, -0.2) is 13.4 Å². The molecule has 0 bridgehead atoms. The van der Waals surface area contributed by atoms with Crippen LogP contribution in [-0.4, -0.2) is 40.9 Å². The first-order valence-corrected chi connectivity index (χ1v) is 9.90. The molecule has 0 aliphatic heterocycles. The zero-order chi connectivity index (χ0) is 19.4. The van der Waals surface area contributed by atoms with Crippen LogP contribution >= 0.6 is 11.8 Å². The molecule has 2 aromatic carbocycles. The van der Waals surface area contributed by atoms with Crippen molar-refractivity contribution >= 4 is 27.5 Å². The average molecular weight is 408 g/mol. The van der Waals surface area contributed by atoms with E-state index in [4.69, 9.17) is 4.74 Å². The van der Waals surface area contributed by atoms with Gasteiger partial charge in [-0.1, -0.05) is 6.07 Å². The largest absolute Gasteiger partial charge is 0.507 e. The Balaban J connectivity index is 1.92. The van der Waals surface area contributed by atoms with Gasteiger partial charge in [0, 0.05) is 0 Å². The molecule has 0 unspecified atom stereocenters. The van der Waals surface area contributed by atoms with E-state index in [1.165, 1.54) is 43.8 Å². The number of aliphatic hydroxyl groups excluding tert-OH is 1. The van der Waals surface area contributed by atoms with E-state index in [0.29, 0.717) is 15.6 Å². The van der Waals surface area contributed by atoms with Crippen molar-refractivity contribution in [1.82, 2.24) is 15.2 Å². The molecule has 11 heteroatoms. The Labute approximate surface area is 159 Å². The lowest BCUT2D eigenvalue weighted by Crippen LogP contribution is -2.14. The highest BCUT2D eigenvalue weighted by atomic mass is 32.2. The number of phenols is 1. The van der Waals surface area contributed by atoms with Crippen molar-refractivity contribution in [2.75, 3.05) is 11.8 Å². The van der Waals surface area contributed by atoms with Gasteiger partial charge in [-0.3, -0.25) is 9.82 Å². The quantitative estimate of drug-likeness (QED) is 0.435. The highest BCUT2D eigenvalue weighted by Gasteiger charge is 2.21. The van der Waals surface area contributed by atoms with Crippen LogP contribution in [0.1, 0.15) is 5.56 Å². The zero-order valence-corrected chi connectivity index (χ0v) is 15.7. The second kappa shape index (κ2) is 7.86. The van der Waals surface area contributed by atoms with E-state index in [-0.39, 0.29) is 28.7 Å². The summed E-state index contributed by atoms with van der Waals surface area (Å²) in [6.07, 6.45) is 1.40. The first-order chi connectivity index (χ1) is 12.9. The summed E-state index contributed by atoms with van der Waals surface area (Å²) in [7, 11) is -2.63. The highest BCUT2D eigenvalue weighted by Crippen LogP contribution is 2.35. The van der Waals surface area contributed by atoms with E-state index in [1.54, 1.807) is 6.07 Å². The Kier molecular flexibility index (Phi) is 5.54. The molecule has 0 saturated carbocycles. The van der Waals surface area contributed by atoms with Gasteiger partial charge in [0.2, 0.25) is 5.16 Å². The summed E-state index contributed by atoms with van der Waals surface area (Å²) in [6, 6.07) is 8.65. The fourth-order valence-corrected chi connectivity index (χ4v) is 4.27. The predicted molar refractivity (Wildman–Crippen MR) is 98.3 cm³/mol. The number of aromatic amines is 1. The van der Waals surface area contributed by atoms with Gasteiger partial charge in [0.15, 0.2) is 0 Å². The van der Waals surface area contributed by atoms with Crippen LogP contribution in [0.2, 0.25) is 0 Å². The number of anilines is 1. The standard InChI is InChI=1S/C16H16N4O5S2/c1-25-13-5-2-10(8-21)6-15(13)27(23,24)20-11-3-4-12(22)14(7-11)26-16-17-9-18-19-16/h2-7,9,20-22H,8H2,1H3,(H,17,18,19). The Morgan fingerprint density at radius 3 is 2.74 bits per heavy atom. The lowest BCUT2D eigenvalue weighted by atomic mass is 10.2. The van der Waals surface area contributed by atoms with Crippen molar-refractivity contribution in [3.05, 3.63) is 48.3 Å². The van der Waals surface area contributed by atoms with Crippen molar-refractivity contribution in [2.24, 2.45) is 0 Å². The van der Waals surface area contributed by atoms with Gasteiger partial charge < -0.3 is 14.9 Å². The van der Waals surface area contributed by atoms with Crippen LogP contribution in [0.3, 0.4) is 0 Å². The first kappa shape index (κ1) is 19.0. The molecule has 0 amide bonds. The van der Waals surface area contributed by atoms with Crippen LogP contribution in [0, 0.1) is 0 Å². The minimum Gasteiger partial charge on any atom is -0.507 e. The van der Waals surface area contributed by atoms with Crippen molar-refractivity contribution in [3.63, 3.8) is 0 Å². The molecule has 9 nitrogen and oxygen atoms in total. The number of phenolic OH excluding ortho intramolecular Hbond substituents is 1. The van der Waals surface area contributed by atoms with Crippen molar-refractivity contribution in [1.29, 1.82) is 0 Å². The molecule has 3 aromatic rings. The number of ether oxygens (including phenoxy) is 1. The van der Waals surface area contributed by atoms with E-state index in [1.807, 2.05) is 0 Å². The van der Waals surface area contributed by atoms with Crippen LogP contribution in [0.25, 0.3) is 0 Å².